The third kappa shape index (κ3) is 4.35. The summed E-state index contributed by atoms with van der Waals surface area (Å²) in [4.78, 5) is 26.8. The second-order valence-corrected chi connectivity index (χ2v) is 6.89. The first-order chi connectivity index (χ1) is 13.0. The van der Waals surface area contributed by atoms with Gasteiger partial charge in [0.25, 0.3) is 11.5 Å². The molecule has 0 bridgehead atoms. The summed E-state index contributed by atoms with van der Waals surface area (Å²) in [6, 6.07) is 14.3. The molecule has 0 aliphatic rings. The van der Waals surface area contributed by atoms with Crippen molar-refractivity contribution in [2.45, 2.75) is 12.4 Å². The fourth-order valence-corrected chi connectivity index (χ4v) is 3.54. The fourth-order valence-electron chi connectivity index (χ4n) is 2.70. The van der Waals surface area contributed by atoms with Crippen LogP contribution in [-0.2, 0) is 12.4 Å². The van der Waals surface area contributed by atoms with Crippen LogP contribution in [0.2, 0.25) is 10.0 Å². The second-order valence-electron chi connectivity index (χ2n) is 5.81. The molecular weight excluding hydrogens is 407 g/mol. The van der Waals surface area contributed by atoms with Crippen molar-refractivity contribution in [3.8, 4) is 11.1 Å². The third-order valence-electron chi connectivity index (χ3n) is 4.11. The molecule has 0 spiro atoms. The lowest BCUT2D eigenvalue weighted by Gasteiger charge is -2.10. The van der Waals surface area contributed by atoms with E-state index in [2.05, 4.69) is 10.3 Å². The molecule has 0 radical (unpaired) electrons. The molecule has 0 saturated heterocycles. The number of aromatic amines is 1. The highest BCUT2D eigenvalue weighted by molar-refractivity contribution is 6.39. The number of amides is 1. The summed E-state index contributed by atoms with van der Waals surface area (Å²) in [7, 11) is 0. The number of rotatable bonds is 5. The average Bonchev–Trinajstić information content (AvgIpc) is 2.66. The van der Waals surface area contributed by atoms with Crippen LogP contribution in [0, 0.1) is 0 Å². The van der Waals surface area contributed by atoms with E-state index in [1.807, 2.05) is 30.3 Å². The van der Waals surface area contributed by atoms with Crippen LogP contribution < -0.4 is 10.9 Å². The molecular formula is C20H15Cl3N2O2. The molecule has 138 valence electrons. The number of hydrogen-bond donors (Lipinski definition) is 2. The first kappa shape index (κ1) is 19.5. The summed E-state index contributed by atoms with van der Waals surface area (Å²) in [6.45, 7) is 0.318. The Labute approximate surface area is 171 Å². The molecule has 4 nitrogen and oxygen atoms in total. The maximum atomic E-state index is 12.3. The Balaban J connectivity index is 1.75. The quantitative estimate of drug-likeness (QED) is 0.568. The van der Waals surface area contributed by atoms with Crippen LogP contribution in [0.3, 0.4) is 0 Å². The minimum Gasteiger partial charge on any atom is -0.348 e. The number of carbonyl (C=O) groups excluding carboxylic acids is 1. The summed E-state index contributed by atoms with van der Waals surface area (Å²) < 4.78 is 0. The predicted octanol–water partition coefficient (Wildman–Crippen LogP) is 5.02. The van der Waals surface area contributed by atoms with Crippen molar-refractivity contribution in [3.63, 3.8) is 0 Å². The molecule has 0 aliphatic heterocycles. The van der Waals surface area contributed by atoms with Crippen molar-refractivity contribution in [3.05, 3.63) is 91.8 Å². The van der Waals surface area contributed by atoms with Gasteiger partial charge in [0.1, 0.15) is 0 Å². The van der Waals surface area contributed by atoms with Crippen molar-refractivity contribution >= 4 is 40.7 Å². The zero-order valence-electron chi connectivity index (χ0n) is 14.1. The van der Waals surface area contributed by atoms with E-state index in [0.29, 0.717) is 22.2 Å². The highest BCUT2D eigenvalue weighted by Gasteiger charge is 2.14. The van der Waals surface area contributed by atoms with E-state index in [0.717, 1.165) is 16.7 Å². The maximum Gasteiger partial charge on any atom is 0.254 e. The molecule has 0 saturated carbocycles. The minimum atomic E-state index is -0.339. The molecule has 3 aromatic rings. The molecule has 27 heavy (non-hydrogen) atoms. The summed E-state index contributed by atoms with van der Waals surface area (Å²) >= 11 is 18.0. The van der Waals surface area contributed by atoms with Crippen molar-refractivity contribution in [2.24, 2.45) is 0 Å². The molecule has 2 aromatic carbocycles. The van der Waals surface area contributed by atoms with Gasteiger partial charge in [0, 0.05) is 18.3 Å². The number of carbonyl (C=O) groups is 1. The molecule has 7 heteroatoms. The second kappa shape index (κ2) is 8.61. The van der Waals surface area contributed by atoms with Crippen molar-refractivity contribution < 1.29 is 4.79 Å². The normalized spacial score (nSPS) is 10.6. The smallest absolute Gasteiger partial charge is 0.254 e. The van der Waals surface area contributed by atoms with Gasteiger partial charge >= 0.3 is 0 Å². The average molecular weight is 422 g/mol. The van der Waals surface area contributed by atoms with E-state index < -0.39 is 0 Å². The summed E-state index contributed by atoms with van der Waals surface area (Å²) in [5.41, 5.74) is 3.14. The van der Waals surface area contributed by atoms with Gasteiger partial charge in [-0.2, -0.15) is 0 Å². The van der Waals surface area contributed by atoms with Gasteiger partial charge in [-0.05, 0) is 34.9 Å². The van der Waals surface area contributed by atoms with Crippen LogP contribution in [0.4, 0.5) is 0 Å². The van der Waals surface area contributed by atoms with Crippen molar-refractivity contribution in [2.75, 3.05) is 0 Å². The number of hydrogen-bond acceptors (Lipinski definition) is 2. The van der Waals surface area contributed by atoms with Gasteiger partial charge in [-0.25, -0.2) is 0 Å². The van der Waals surface area contributed by atoms with E-state index in [4.69, 9.17) is 34.8 Å². The first-order valence-electron chi connectivity index (χ1n) is 8.09. The number of halogens is 3. The van der Waals surface area contributed by atoms with Gasteiger partial charge in [0.05, 0.1) is 21.5 Å². The lowest BCUT2D eigenvalue weighted by atomic mass is 10.0. The molecule has 0 unspecified atom stereocenters. The van der Waals surface area contributed by atoms with Gasteiger partial charge in [-0.1, -0.05) is 53.5 Å². The summed E-state index contributed by atoms with van der Waals surface area (Å²) in [5, 5.41) is 3.41. The Morgan fingerprint density at radius 1 is 1.00 bits per heavy atom. The maximum absolute atomic E-state index is 12.3. The first-order valence-corrected chi connectivity index (χ1v) is 9.38. The SMILES string of the molecule is O=C(NCc1ccc(-c2cc[nH]c(=O)c2CCl)cc1)c1c(Cl)cccc1Cl. The van der Waals surface area contributed by atoms with E-state index in [1.165, 1.54) is 0 Å². The monoisotopic (exact) mass is 420 g/mol. The molecule has 0 aliphatic carbocycles. The highest BCUT2D eigenvalue weighted by atomic mass is 35.5. The Morgan fingerprint density at radius 3 is 2.30 bits per heavy atom. The fraction of sp³-hybridized carbons (Fsp3) is 0.100. The van der Waals surface area contributed by atoms with E-state index in [9.17, 15) is 9.59 Å². The Hall–Kier alpha value is -2.27. The molecule has 1 heterocycles. The minimum absolute atomic E-state index is 0.127. The van der Waals surface area contributed by atoms with Crippen LogP contribution in [0.15, 0.2) is 59.5 Å². The zero-order valence-corrected chi connectivity index (χ0v) is 16.3. The van der Waals surface area contributed by atoms with Crippen LogP contribution >= 0.6 is 34.8 Å². The van der Waals surface area contributed by atoms with Gasteiger partial charge in [0.2, 0.25) is 0 Å². The highest BCUT2D eigenvalue weighted by Crippen LogP contribution is 2.25. The van der Waals surface area contributed by atoms with Crippen molar-refractivity contribution in [1.29, 1.82) is 0 Å². The van der Waals surface area contributed by atoms with Crippen LogP contribution in [0.5, 0.6) is 0 Å². The van der Waals surface area contributed by atoms with Gasteiger partial charge in [-0.15, -0.1) is 11.6 Å². The van der Waals surface area contributed by atoms with E-state index in [-0.39, 0.29) is 22.9 Å². The molecule has 2 N–H and O–H groups in total. The summed E-state index contributed by atoms with van der Waals surface area (Å²) in [6.07, 6.45) is 1.59. The largest absolute Gasteiger partial charge is 0.348 e. The van der Waals surface area contributed by atoms with Gasteiger partial charge < -0.3 is 10.3 Å². The predicted molar refractivity (Wildman–Crippen MR) is 110 cm³/mol. The third-order valence-corrected chi connectivity index (χ3v) is 5.00. The number of pyridine rings is 1. The van der Waals surface area contributed by atoms with E-state index >= 15 is 0 Å². The molecule has 1 aromatic heterocycles. The van der Waals surface area contributed by atoms with E-state index in [1.54, 1.807) is 24.4 Å². The van der Waals surface area contributed by atoms with Crippen LogP contribution in [-0.4, -0.2) is 10.9 Å². The molecule has 3 rings (SSSR count). The number of benzene rings is 2. The van der Waals surface area contributed by atoms with Crippen LogP contribution in [0.1, 0.15) is 21.5 Å². The number of nitrogens with one attached hydrogen (secondary N) is 2. The topological polar surface area (TPSA) is 62.0 Å². The lowest BCUT2D eigenvalue weighted by molar-refractivity contribution is 0.0951. The number of alkyl halides is 1. The van der Waals surface area contributed by atoms with Crippen molar-refractivity contribution in [1.82, 2.24) is 10.3 Å². The Kier molecular flexibility index (Phi) is 6.22. The van der Waals surface area contributed by atoms with Gasteiger partial charge in [0.15, 0.2) is 0 Å². The molecule has 1 amide bonds. The standard InChI is InChI=1S/C20H15Cl3N2O2/c21-10-15-14(8-9-24-19(15)26)13-6-4-12(5-7-13)11-25-20(27)18-16(22)2-1-3-17(18)23/h1-9H,10-11H2,(H,24,26)(H,25,27). The Bertz CT molecular complexity index is 1010. The number of aromatic nitrogens is 1. The summed E-state index contributed by atoms with van der Waals surface area (Å²) in [5.74, 6) is -0.212. The Morgan fingerprint density at radius 2 is 1.67 bits per heavy atom. The number of H-pyrrole nitrogens is 1. The van der Waals surface area contributed by atoms with Crippen LogP contribution in [0.25, 0.3) is 11.1 Å². The molecule has 0 fully saturated rings. The zero-order chi connectivity index (χ0) is 19.4. The lowest BCUT2D eigenvalue weighted by Crippen LogP contribution is -2.23. The van der Waals surface area contributed by atoms with Gasteiger partial charge in [-0.3, -0.25) is 9.59 Å². The molecule has 0 atom stereocenters.